The van der Waals surface area contributed by atoms with Crippen LogP contribution >= 0.6 is 0 Å². The lowest BCUT2D eigenvalue weighted by Crippen LogP contribution is -2.37. The van der Waals surface area contributed by atoms with Crippen LogP contribution in [-0.4, -0.2) is 43.5 Å². The first-order valence-electron chi connectivity index (χ1n) is 10.0. The minimum absolute atomic E-state index is 0.00832. The molecular weight excluding hydrogens is 406 g/mol. The van der Waals surface area contributed by atoms with Crippen LogP contribution in [-0.2, 0) is 0 Å². The van der Waals surface area contributed by atoms with Crippen LogP contribution in [0, 0.1) is 17.6 Å². The first-order chi connectivity index (χ1) is 15.0. The van der Waals surface area contributed by atoms with Gasteiger partial charge >= 0.3 is 6.09 Å². The number of nitrogens with zero attached hydrogens (tertiary/aromatic N) is 4. The average molecular weight is 428 g/mol. The van der Waals surface area contributed by atoms with E-state index in [-0.39, 0.29) is 11.7 Å². The number of halogens is 2. The fraction of sp³-hybridized carbons (Fsp3) is 0.333. The zero-order valence-corrected chi connectivity index (χ0v) is 16.6. The van der Waals surface area contributed by atoms with Crippen LogP contribution < -0.4 is 10.6 Å². The Morgan fingerprint density at radius 3 is 2.61 bits per heavy atom. The van der Waals surface area contributed by atoms with Crippen LogP contribution in [0.2, 0.25) is 0 Å². The maximum absolute atomic E-state index is 14.1. The van der Waals surface area contributed by atoms with Crippen molar-refractivity contribution in [3.8, 4) is 16.9 Å². The molecule has 1 aromatic carbocycles. The van der Waals surface area contributed by atoms with Gasteiger partial charge in [-0.3, -0.25) is 0 Å². The Balaban J connectivity index is 1.45. The molecule has 162 valence electrons. The molecule has 1 aliphatic carbocycles. The van der Waals surface area contributed by atoms with E-state index in [2.05, 4.69) is 25.7 Å². The van der Waals surface area contributed by atoms with Crippen LogP contribution in [0.4, 0.5) is 19.3 Å². The summed E-state index contributed by atoms with van der Waals surface area (Å²) < 4.78 is 29.3. The van der Waals surface area contributed by atoms with E-state index in [0.717, 1.165) is 30.4 Å². The molecule has 1 aliphatic rings. The van der Waals surface area contributed by atoms with E-state index in [4.69, 9.17) is 5.11 Å². The van der Waals surface area contributed by atoms with Gasteiger partial charge in [-0.15, -0.1) is 0 Å². The van der Waals surface area contributed by atoms with Gasteiger partial charge in [0.2, 0.25) is 0 Å². The van der Waals surface area contributed by atoms with Crippen LogP contribution in [0.3, 0.4) is 0 Å². The first-order valence-corrected chi connectivity index (χ1v) is 10.0. The molecule has 0 unspecified atom stereocenters. The second kappa shape index (κ2) is 9.07. The van der Waals surface area contributed by atoms with Crippen molar-refractivity contribution >= 4 is 11.8 Å². The Bertz CT molecular complexity index is 1050. The fourth-order valence-corrected chi connectivity index (χ4v) is 3.90. The van der Waals surface area contributed by atoms with E-state index in [1.165, 1.54) is 36.9 Å². The summed E-state index contributed by atoms with van der Waals surface area (Å²) in [5.41, 5.74) is 1.63. The van der Waals surface area contributed by atoms with E-state index >= 15 is 0 Å². The van der Waals surface area contributed by atoms with Gasteiger partial charge in [-0.05, 0) is 43.7 Å². The van der Waals surface area contributed by atoms with Crippen molar-refractivity contribution in [3.05, 3.63) is 54.8 Å². The third-order valence-corrected chi connectivity index (χ3v) is 5.49. The van der Waals surface area contributed by atoms with Gasteiger partial charge < -0.3 is 15.7 Å². The quantitative estimate of drug-likeness (QED) is 0.551. The Morgan fingerprint density at radius 2 is 1.90 bits per heavy atom. The van der Waals surface area contributed by atoms with Crippen molar-refractivity contribution < 1.29 is 18.7 Å². The van der Waals surface area contributed by atoms with Crippen LogP contribution in [0.1, 0.15) is 25.7 Å². The highest BCUT2D eigenvalue weighted by Crippen LogP contribution is 2.29. The summed E-state index contributed by atoms with van der Waals surface area (Å²) >= 11 is 0. The molecule has 2 heterocycles. The molecule has 0 bridgehead atoms. The number of carboxylic acid groups (broad SMARTS) is 1. The van der Waals surface area contributed by atoms with Gasteiger partial charge in [0.25, 0.3) is 0 Å². The van der Waals surface area contributed by atoms with Gasteiger partial charge in [-0.1, -0.05) is 6.07 Å². The minimum atomic E-state index is -0.983. The van der Waals surface area contributed by atoms with Crippen LogP contribution in [0.5, 0.6) is 0 Å². The van der Waals surface area contributed by atoms with E-state index < -0.39 is 17.7 Å². The Labute approximate surface area is 177 Å². The number of rotatable bonds is 6. The lowest BCUT2D eigenvalue weighted by molar-refractivity contribution is 0.183. The van der Waals surface area contributed by atoms with Crippen molar-refractivity contribution in [1.29, 1.82) is 0 Å². The number of benzene rings is 1. The summed E-state index contributed by atoms with van der Waals surface area (Å²) in [4.78, 5) is 19.2. The molecule has 0 spiro atoms. The highest BCUT2D eigenvalue weighted by atomic mass is 19.1. The van der Waals surface area contributed by atoms with Gasteiger partial charge in [0.15, 0.2) is 11.6 Å². The molecule has 0 aliphatic heterocycles. The summed E-state index contributed by atoms with van der Waals surface area (Å²) in [7, 11) is 0. The molecule has 8 nitrogen and oxygen atoms in total. The number of aromatic nitrogens is 4. The maximum Gasteiger partial charge on any atom is 0.404 e. The zero-order chi connectivity index (χ0) is 21.8. The second-order valence-electron chi connectivity index (χ2n) is 7.58. The van der Waals surface area contributed by atoms with Crippen LogP contribution in [0.15, 0.2) is 43.1 Å². The predicted octanol–water partition coefficient (Wildman–Crippen LogP) is 3.85. The lowest BCUT2D eigenvalue weighted by atomic mass is 9.86. The molecule has 4 rings (SSSR count). The molecule has 0 atom stereocenters. The topological polar surface area (TPSA) is 105 Å². The van der Waals surface area contributed by atoms with Gasteiger partial charge in [0.05, 0.1) is 23.8 Å². The van der Waals surface area contributed by atoms with E-state index in [1.807, 2.05) is 0 Å². The summed E-state index contributed by atoms with van der Waals surface area (Å²) in [5, 5.41) is 18.8. The summed E-state index contributed by atoms with van der Waals surface area (Å²) in [6.07, 6.45) is 8.53. The highest BCUT2D eigenvalue weighted by Gasteiger charge is 2.22. The third kappa shape index (κ3) is 4.79. The highest BCUT2D eigenvalue weighted by molar-refractivity contribution is 5.72. The fourth-order valence-electron chi connectivity index (χ4n) is 3.90. The second-order valence-corrected chi connectivity index (χ2v) is 7.58. The molecule has 1 fully saturated rings. The standard InChI is InChI=1S/C21H22F2N6O2/c22-16-2-1-3-17(23)20(16)29-11-14(9-27-29)19-18(10-24-12-26-19)25-8-13-4-6-15(7-5-13)28-21(30)31/h1-3,9-13,15,25,28H,4-8H2,(H,30,31)/t13-,15+. The Kier molecular flexibility index (Phi) is 6.06. The largest absolute Gasteiger partial charge is 0.465 e. The molecule has 31 heavy (non-hydrogen) atoms. The SMILES string of the molecule is O=C(O)N[C@H]1CC[C@@H](CNc2cncnc2-c2cnn(-c3c(F)cccc3F)c2)CC1. The molecule has 0 saturated heterocycles. The molecule has 1 saturated carbocycles. The molecular formula is C21H22F2N6O2. The van der Waals surface area contributed by atoms with Gasteiger partial charge in [0, 0.05) is 24.3 Å². The molecule has 1 amide bonds. The number of anilines is 1. The molecule has 10 heteroatoms. The normalized spacial score (nSPS) is 18.5. The monoisotopic (exact) mass is 428 g/mol. The van der Waals surface area contributed by atoms with Crippen molar-refractivity contribution in [2.75, 3.05) is 11.9 Å². The van der Waals surface area contributed by atoms with E-state index in [1.54, 1.807) is 6.20 Å². The lowest BCUT2D eigenvalue weighted by Gasteiger charge is -2.28. The van der Waals surface area contributed by atoms with Crippen molar-refractivity contribution in [3.63, 3.8) is 0 Å². The molecule has 3 N–H and O–H groups in total. The molecule has 3 aromatic rings. The van der Waals surface area contributed by atoms with Crippen molar-refractivity contribution in [2.24, 2.45) is 5.92 Å². The number of para-hydroxylation sites is 1. The molecule has 2 aromatic heterocycles. The van der Waals surface area contributed by atoms with Crippen molar-refractivity contribution in [2.45, 2.75) is 31.7 Å². The zero-order valence-electron chi connectivity index (χ0n) is 16.6. The van der Waals surface area contributed by atoms with Gasteiger partial charge in [-0.25, -0.2) is 28.2 Å². The summed E-state index contributed by atoms with van der Waals surface area (Å²) in [5.74, 6) is -1.01. The summed E-state index contributed by atoms with van der Waals surface area (Å²) in [6, 6.07) is 3.67. The number of carbonyl (C=O) groups is 1. The van der Waals surface area contributed by atoms with E-state index in [9.17, 15) is 13.6 Å². The number of hydrogen-bond donors (Lipinski definition) is 3. The number of hydrogen-bond acceptors (Lipinski definition) is 5. The average Bonchev–Trinajstić information content (AvgIpc) is 3.22. The predicted molar refractivity (Wildman–Crippen MR) is 110 cm³/mol. The smallest absolute Gasteiger partial charge is 0.404 e. The minimum Gasteiger partial charge on any atom is -0.465 e. The number of nitrogens with one attached hydrogen (secondary N) is 2. The maximum atomic E-state index is 14.1. The van der Waals surface area contributed by atoms with Gasteiger partial charge in [0.1, 0.15) is 12.0 Å². The third-order valence-electron chi connectivity index (χ3n) is 5.49. The summed E-state index contributed by atoms with van der Waals surface area (Å²) in [6.45, 7) is 0.691. The first kappa shape index (κ1) is 20.7. The Hall–Kier alpha value is -3.56. The number of amides is 1. The molecule has 0 radical (unpaired) electrons. The van der Waals surface area contributed by atoms with E-state index in [0.29, 0.717) is 29.4 Å². The van der Waals surface area contributed by atoms with Crippen molar-refractivity contribution in [1.82, 2.24) is 25.1 Å². The van der Waals surface area contributed by atoms with Crippen LogP contribution in [0.25, 0.3) is 16.9 Å². The Morgan fingerprint density at radius 1 is 1.16 bits per heavy atom. The van der Waals surface area contributed by atoms with Gasteiger partial charge in [-0.2, -0.15) is 5.10 Å².